The minimum atomic E-state index is -0.217. The van der Waals surface area contributed by atoms with E-state index in [4.69, 9.17) is 0 Å². The van der Waals surface area contributed by atoms with Crippen LogP contribution in [0.25, 0.3) is 10.2 Å². The van der Waals surface area contributed by atoms with Crippen LogP contribution in [-0.4, -0.2) is 20.4 Å². The zero-order valence-corrected chi connectivity index (χ0v) is 13.8. The Morgan fingerprint density at radius 1 is 1.29 bits per heavy atom. The van der Waals surface area contributed by atoms with Gasteiger partial charge in [0.2, 0.25) is 0 Å². The standard InChI is InChI=1S/C14H14N4OS2/c1-7-10-8(2)15-9(3)16-13(10)21-11(7)12(19)17-14-18(4)5-6-20-14/h5-6H,1-4H3. The zero-order valence-electron chi connectivity index (χ0n) is 12.2. The minimum Gasteiger partial charge on any atom is -0.327 e. The fourth-order valence-electron chi connectivity index (χ4n) is 2.25. The van der Waals surface area contributed by atoms with Crippen molar-refractivity contribution in [2.75, 3.05) is 0 Å². The summed E-state index contributed by atoms with van der Waals surface area (Å²) in [6.07, 6.45) is 1.88. The van der Waals surface area contributed by atoms with Crippen molar-refractivity contribution in [2.24, 2.45) is 12.0 Å². The monoisotopic (exact) mass is 318 g/mol. The number of nitrogens with zero attached hydrogens (tertiary/aromatic N) is 4. The molecule has 3 heterocycles. The molecule has 0 aliphatic carbocycles. The summed E-state index contributed by atoms with van der Waals surface area (Å²) < 4.78 is 1.83. The minimum absolute atomic E-state index is 0.217. The highest BCUT2D eigenvalue weighted by Crippen LogP contribution is 2.31. The summed E-state index contributed by atoms with van der Waals surface area (Å²) in [7, 11) is 1.87. The van der Waals surface area contributed by atoms with E-state index in [-0.39, 0.29) is 5.91 Å². The van der Waals surface area contributed by atoms with Gasteiger partial charge in [0.15, 0.2) is 4.80 Å². The summed E-state index contributed by atoms with van der Waals surface area (Å²) in [4.78, 5) is 27.6. The third kappa shape index (κ3) is 2.43. The molecular weight excluding hydrogens is 304 g/mol. The molecule has 0 saturated carbocycles. The average Bonchev–Trinajstić information content (AvgIpc) is 2.94. The molecule has 5 nitrogen and oxygen atoms in total. The second-order valence-electron chi connectivity index (χ2n) is 4.81. The van der Waals surface area contributed by atoms with Crippen molar-refractivity contribution in [1.29, 1.82) is 0 Å². The largest absolute Gasteiger partial charge is 0.327 e. The van der Waals surface area contributed by atoms with Crippen LogP contribution in [0.15, 0.2) is 16.6 Å². The highest BCUT2D eigenvalue weighted by molar-refractivity contribution is 7.20. The molecule has 0 aliphatic heterocycles. The fraction of sp³-hybridized carbons (Fsp3) is 0.286. The summed E-state index contributed by atoms with van der Waals surface area (Å²) in [6, 6.07) is 0. The lowest BCUT2D eigenvalue weighted by Gasteiger charge is -1.98. The summed E-state index contributed by atoms with van der Waals surface area (Å²) in [6.45, 7) is 5.74. The van der Waals surface area contributed by atoms with Crippen LogP contribution in [0.1, 0.15) is 26.8 Å². The topological polar surface area (TPSA) is 60.1 Å². The summed E-state index contributed by atoms with van der Waals surface area (Å²) in [5.74, 6) is 0.507. The van der Waals surface area contributed by atoms with Gasteiger partial charge in [-0.1, -0.05) is 0 Å². The van der Waals surface area contributed by atoms with Gasteiger partial charge in [-0.3, -0.25) is 4.79 Å². The van der Waals surface area contributed by atoms with E-state index in [1.54, 1.807) is 0 Å². The van der Waals surface area contributed by atoms with E-state index in [2.05, 4.69) is 15.0 Å². The number of aryl methyl sites for hydroxylation is 4. The van der Waals surface area contributed by atoms with E-state index in [1.165, 1.54) is 22.7 Å². The van der Waals surface area contributed by atoms with E-state index in [9.17, 15) is 4.79 Å². The van der Waals surface area contributed by atoms with Crippen molar-refractivity contribution in [3.05, 3.63) is 38.3 Å². The maximum atomic E-state index is 12.4. The van der Waals surface area contributed by atoms with Crippen LogP contribution < -0.4 is 4.80 Å². The van der Waals surface area contributed by atoms with Gasteiger partial charge in [-0.25, -0.2) is 9.97 Å². The van der Waals surface area contributed by atoms with Gasteiger partial charge in [0.25, 0.3) is 5.91 Å². The highest BCUT2D eigenvalue weighted by Gasteiger charge is 2.18. The molecule has 0 radical (unpaired) electrons. The summed E-state index contributed by atoms with van der Waals surface area (Å²) in [5, 5.41) is 2.88. The van der Waals surface area contributed by atoms with Gasteiger partial charge in [0.05, 0.1) is 0 Å². The lowest BCUT2D eigenvalue weighted by Crippen LogP contribution is -2.12. The molecule has 7 heteroatoms. The third-order valence-corrected chi connectivity index (χ3v) is 5.26. The molecule has 0 spiro atoms. The molecule has 0 N–H and O–H groups in total. The maximum absolute atomic E-state index is 12.4. The van der Waals surface area contributed by atoms with Gasteiger partial charge in [0, 0.05) is 29.7 Å². The van der Waals surface area contributed by atoms with Crippen molar-refractivity contribution in [3.8, 4) is 0 Å². The predicted molar refractivity (Wildman–Crippen MR) is 84.8 cm³/mol. The van der Waals surface area contributed by atoms with Crippen LogP contribution in [0.4, 0.5) is 0 Å². The molecule has 0 fully saturated rings. The van der Waals surface area contributed by atoms with Crippen molar-refractivity contribution in [2.45, 2.75) is 20.8 Å². The van der Waals surface area contributed by atoms with Crippen LogP contribution >= 0.6 is 22.7 Å². The smallest absolute Gasteiger partial charge is 0.290 e. The summed E-state index contributed by atoms with van der Waals surface area (Å²) >= 11 is 2.83. The van der Waals surface area contributed by atoms with Crippen LogP contribution in [-0.2, 0) is 7.05 Å². The molecule has 0 atom stereocenters. The second-order valence-corrected chi connectivity index (χ2v) is 6.68. The lowest BCUT2D eigenvalue weighted by molar-refractivity contribution is 0.100. The highest BCUT2D eigenvalue weighted by atomic mass is 32.1. The van der Waals surface area contributed by atoms with Crippen molar-refractivity contribution < 1.29 is 4.79 Å². The molecule has 0 unspecified atom stereocenters. The third-order valence-electron chi connectivity index (χ3n) is 3.23. The molecular formula is C14H14N4OS2. The number of fused-ring (bicyclic) bond motifs is 1. The van der Waals surface area contributed by atoms with Crippen molar-refractivity contribution >= 4 is 38.8 Å². The van der Waals surface area contributed by atoms with Gasteiger partial charge in [-0.05, 0) is 26.3 Å². The molecule has 3 aromatic heterocycles. The Labute approximate surface area is 129 Å². The zero-order chi connectivity index (χ0) is 15.1. The normalized spacial score (nSPS) is 12.3. The van der Waals surface area contributed by atoms with E-state index in [0.717, 1.165) is 27.3 Å². The molecule has 108 valence electrons. The first-order chi connectivity index (χ1) is 9.97. The number of amides is 1. The maximum Gasteiger partial charge on any atom is 0.290 e. The molecule has 0 bridgehead atoms. The number of thiophene rings is 1. The van der Waals surface area contributed by atoms with Gasteiger partial charge >= 0.3 is 0 Å². The Morgan fingerprint density at radius 2 is 2.05 bits per heavy atom. The SMILES string of the molecule is Cc1nc(C)c2c(C)c(C(=O)N=c3sccn3C)sc2n1. The Hall–Kier alpha value is -1.86. The quantitative estimate of drug-likeness (QED) is 0.693. The fourth-order valence-corrected chi connectivity index (χ4v) is 4.14. The molecule has 0 aliphatic rings. The van der Waals surface area contributed by atoms with E-state index >= 15 is 0 Å². The first-order valence-electron chi connectivity index (χ1n) is 6.41. The molecule has 1 amide bonds. The molecule has 3 aromatic rings. The van der Waals surface area contributed by atoms with Crippen LogP contribution in [0.3, 0.4) is 0 Å². The Bertz CT molecular complexity index is 917. The predicted octanol–water partition coefficient (Wildman–Crippen LogP) is 2.76. The average molecular weight is 318 g/mol. The van der Waals surface area contributed by atoms with Gasteiger partial charge in [-0.2, -0.15) is 4.99 Å². The number of aromatic nitrogens is 3. The summed E-state index contributed by atoms with van der Waals surface area (Å²) in [5.41, 5.74) is 1.83. The second kappa shape index (κ2) is 5.16. The van der Waals surface area contributed by atoms with E-state index < -0.39 is 0 Å². The van der Waals surface area contributed by atoms with Crippen molar-refractivity contribution in [1.82, 2.24) is 14.5 Å². The van der Waals surface area contributed by atoms with Gasteiger partial charge in [-0.15, -0.1) is 22.7 Å². The number of carbonyl (C=O) groups is 1. The first-order valence-corrected chi connectivity index (χ1v) is 8.10. The molecule has 0 saturated heterocycles. The Morgan fingerprint density at radius 3 is 2.71 bits per heavy atom. The number of hydrogen-bond acceptors (Lipinski definition) is 5. The number of carbonyl (C=O) groups excluding carboxylic acids is 1. The first kappa shape index (κ1) is 14.1. The molecule has 3 rings (SSSR count). The Kier molecular flexibility index (Phi) is 3.46. The number of hydrogen-bond donors (Lipinski definition) is 0. The number of rotatable bonds is 1. The van der Waals surface area contributed by atoms with E-state index in [1.807, 2.05) is 44.0 Å². The van der Waals surface area contributed by atoms with E-state index in [0.29, 0.717) is 9.68 Å². The lowest BCUT2D eigenvalue weighted by atomic mass is 10.1. The van der Waals surface area contributed by atoms with Crippen LogP contribution in [0.2, 0.25) is 0 Å². The van der Waals surface area contributed by atoms with Crippen LogP contribution in [0, 0.1) is 20.8 Å². The Balaban J connectivity index is 2.18. The van der Waals surface area contributed by atoms with Gasteiger partial charge < -0.3 is 4.57 Å². The van der Waals surface area contributed by atoms with Gasteiger partial charge in [0.1, 0.15) is 15.5 Å². The van der Waals surface area contributed by atoms with Crippen molar-refractivity contribution in [3.63, 3.8) is 0 Å². The molecule has 21 heavy (non-hydrogen) atoms. The number of thiazole rings is 1. The van der Waals surface area contributed by atoms with Crippen LogP contribution in [0.5, 0.6) is 0 Å². The molecule has 0 aromatic carbocycles.